The van der Waals surface area contributed by atoms with E-state index in [0.29, 0.717) is 18.1 Å². The second-order valence-corrected chi connectivity index (χ2v) is 3.47. The zero-order valence-corrected chi connectivity index (χ0v) is 9.78. The molecule has 5 nitrogen and oxygen atoms in total. The summed E-state index contributed by atoms with van der Waals surface area (Å²) in [6.07, 6.45) is 0.809. The summed E-state index contributed by atoms with van der Waals surface area (Å²) in [7, 11) is 1.45. The molecule has 0 atom stereocenters. The van der Waals surface area contributed by atoms with Gasteiger partial charge in [-0.05, 0) is 18.2 Å². The van der Waals surface area contributed by atoms with Crippen molar-refractivity contribution < 1.29 is 14.4 Å². The molecule has 1 aromatic carbocycles. The summed E-state index contributed by atoms with van der Waals surface area (Å²) >= 11 is 4.06. The maximum absolute atomic E-state index is 10.5. The second-order valence-electron chi connectivity index (χ2n) is 3.02. The average Bonchev–Trinajstić information content (AvgIpc) is 2.29. The van der Waals surface area contributed by atoms with E-state index in [1.165, 1.54) is 25.3 Å². The summed E-state index contributed by atoms with van der Waals surface area (Å²) in [6, 6.07) is 4.27. The predicted molar refractivity (Wildman–Crippen MR) is 63.6 cm³/mol. The first-order valence-corrected chi connectivity index (χ1v) is 5.38. The molecule has 0 saturated carbocycles. The minimum Gasteiger partial charge on any atom is -0.493 e. The van der Waals surface area contributed by atoms with E-state index < -0.39 is 4.92 Å². The van der Waals surface area contributed by atoms with E-state index in [1.807, 2.05) is 0 Å². The molecule has 0 heterocycles. The number of nitro benzene ring substituents is 1. The number of hydrogen-bond acceptors (Lipinski definition) is 5. The van der Waals surface area contributed by atoms with Gasteiger partial charge in [0, 0.05) is 6.07 Å². The Morgan fingerprint density at radius 2 is 2.19 bits per heavy atom. The third-order valence-electron chi connectivity index (χ3n) is 1.92. The van der Waals surface area contributed by atoms with Gasteiger partial charge in [0.15, 0.2) is 11.5 Å². The van der Waals surface area contributed by atoms with Crippen LogP contribution in [0.25, 0.3) is 0 Å². The third kappa shape index (κ3) is 3.30. The fourth-order valence-electron chi connectivity index (χ4n) is 1.14. The van der Waals surface area contributed by atoms with Gasteiger partial charge in [-0.1, -0.05) is 0 Å². The molecule has 0 unspecified atom stereocenters. The number of ether oxygens (including phenoxy) is 2. The molecule has 1 aromatic rings. The minimum absolute atomic E-state index is 0.0154. The van der Waals surface area contributed by atoms with Crippen LogP contribution in [0.3, 0.4) is 0 Å². The van der Waals surface area contributed by atoms with Gasteiger partial charge in [-0.3, -0.25) is 10.1 Å². The molecule has 0 fully saturated rings. The molecule has 1 rings (SSSR count). The lowest BCUT2D eigenvalue weighted by Crippen LogP contribution is -2.00. The van der Waals surface area contributed by atoms with Gasteiger partial charge in [-0.25, -0.2) is 0 Å². The fourth-order valence-corrected chi connectivity index (χ4v) is 1.26. The van der Waals surface area contributed by atoms with Crippen molar-refractivity contribution >= 4 is 18.3 Å². The number of thiol groups is 1. The Bertz CT molecular complexity index is 370. The SMILES string of the molecule is COc1cc([N+](=O)[O-])ccc1OCCCS. The van der Waals surface area contributed by atoms with Crippen molar-refractivity contribution in [2.75, 3.05) is 19.5 Å². The van der Waals surface area contributed by atoms with Crippen LogP contribution in [0.1, 0.15) is 6.42 Å². The number of non-ortho nitro benzene ring substituents is 1. The first-order valence-electron chi connectivity index (χ1n) is 4.75. The summed E-state index contributed by atoms with van der Waals surface area (Å²) in [5, 5.41) is 10.5. The normalized spacial score (nSPS) is 9.88. The summed E-state index contributed by atoms with van der Waals surface area (Å²) in [5.41, 5.74) is -0.0154. The van der Waals surface area contributed by atoms with Crippen molar-refractivity contribution in [3.63, 3.8) is 0 Å². The first kappa shape index (κ1) is 12.6. The van der Waals surface area contributed by atoms with E-state index in [1.54, 1.807) is 0 Å². The minimum atomic E-state index is -0.472. The van der Waals surface area contributed by atoms with Crippen LogP contribution in [-0.4, -0.2) is 24.4 Å². The molecular weight excluding hydrogens is 230 g/mol. The number of benzene rings is 1. The largest absolute Gasteiger partial charge is 0.493 e. The molecule has 0 aliphatic rings. The van der Waals surface area contributed by atoms with Crippen molar-refractivity contribution in [2.24, 2.45) is 0 Å². The fraction of sp³-hybridized carbons (Fsp3) is 0.400. The quantitative estimate of drug-likeness (QED) is 0.360. The lowest BCUT2D eigenvalue weighted by atomic mass is 10.3. The highest BCUT2D eigenvalue weighted by molar-refractivity contribution is 7.80. The van der Waals surface area contributed by atoms with Gasteiger partial charge in [0.1, 0.15) is 0 Å². The lowest BCUT2D eigenvalue weighted by molar-refractivity contribution is -0.384. The van der Waals surface area contributed by atoms with Gasteiger partial charge >= 0.3 is 0 Å². The Hall–Kier alpha value is -1.43. The standard InChI is InChI=1S/C10H13NO4S/c1-14-10-7-8(11(12)13)3-4-9(10)15-5-2-6-16/h3-4,7,16H,2,5-6H2,1H3. The molecule has 0 aliphatic heterocycles. The van der Waals surface area contributed by atoms with Crippen LogP contribution >= 0.6 is 12.6 Å². The molecule has 16 heavy (non-hydrogen) atoms. The van der Waals surface area contributed by atoms with Gasteiger partial charge in [0.2, 0.25) is 0 Å². The van der Waals surface area contributed by atoms with E-state index in [4.69, 9.17) is 9.47 Å². The number of nitro groups is 1. The van der Waals surface area contributed by atoms with Gasteiger partial charge in [0.05, 0.1) is 24.7 Å². The Labute approximate surface area is 98.9 Å². The number of hydrogen-bond donors (Lipinski definition) is 1. The monoisotopic (exact) mass is 243 g/mol. The summed E-state index contributed by atoms with van der Waals surface area (Å²) < 4.78 is 10.4. The zero-order valence-electron chi connectivity index (χ0n) is 8.88. The molecule has 0 amide bonds. The van der Waals surface area contributed by atoms with Crippen LogP contribution < -0.4 is 9.47 Å². The first-order chi connectivity index (χ1) is 7.69. The van der Waals surface area contributed by atoms with E-state index in [2.05, 4.69) is 12.6 Å². The van der Waals surface area contributed by atoms with Crippen molar-refractivity contribution in [3.05, 3.63) is 28.3 Å². The molecule has 0 N–H and O–H groups in total. The highest BCUT2D eigenvalue weighted by Crippen LogP contribution is 2.31. The smallest absolute Gasteiger partial charge is 0.273 e. The van der Waals surface area contributed by atoms with Crippen LogP contribution in [0.4, 0.5) is 5.69 Å². The Balaban J connectivity index is 2.80. The van der Waals surface area contributed by atoms with Crippen LogP contribution in [0.15, 0.2) is 18.2 Å². The van der Waals surface area contributed by atoms with E-state index in [9.17, 15) is 10.1 Å². The van der Waals surface area contributed by atoms with E-state index in [0.717, 1.165) is 12.2 Å². The van der Waals surface area contributed by atoms with Gasteiger partial charge in [-0.15, -0.1) is 0 Å². The highest BCUT2D eigenvalue weighted by atomic mass is 32.1. The predicted octanol–water partition coefficient (Wildman–Crippen LogP) is 2.30. The van der Waals surface area contributed by atoms with Crippen molar-refractivity contribution in [2.45, 2.75) is 6.42 Å². The Morgan fingerprint density at radius 3 is 2.75 bits per heavy atom. The van der Waals surface area contributed by atoms with Crippen molar-refractivity contribution in [1.82, 2.24) is 0 Å². The van der Waals surface area contributed by atoms with Crippen LogP contribution in [0, 0.1) is 10.1 Å². The van der Waals surface area contributed by atoms with Crippen molar-refractivity contribution in [3.8, 4) is 11.5 Å². The number of nitrogens with zero attached hydrogens (tertiary/aromatic N) is 1. The van der Waals surface area contributed by atoms with Crippen LogP contribution in [0.5, 0.6) is 11.5 Å². The molecular formula is C10H13NO4S. The van der Waals surface area contributed by atoms with Crippen LogP contribution in [0.2, 0.25) is 0 Å². The molecule has 0 spiro atoms. The van der Waals surface area contributed by atoms with Gasteiger partial charge in [0.25, 0.3) is 5.69 Å². The molecule has 0 aliphatic carbocycles. The van der Waals surface area contributed by atoms with Crippen LogP contribution in [-0.2, 0) is 0 Å². The van der Waals surface area contributed by atoms with Gasteiger partial charge in [-0.2, -0.15) is 12.6 Å². The molecule has 88 valence electrons. The maximum Gasteiger partial charge on any atom is 0.273 e. The average molecular weight is 243 g/mol. The summed E-state index contributed by atoms with van der Waals surface area (Å²) in [5.74, 6) is 1.61. The van der Waals surface area contributed by atoms with Gasteiger partial charge < -0.3 is 9.47 Å². The van der Waals surface area contributed by atoms with E-state index in [-0.39, 0.29) is 5.69 Å². The second kappa shape index (κ2) is 6.22. The molecule has 0 aromatic heterocycles. The summed E-state index contributed by atoms with van der Waals surface area (Å²) in [6.45, 7) is 0.512. The Morgan fingerprint density at radius 1 is 1.44 bits per heavy atom. The van der Waals surface area contributed by atoms with E-state index >= 15 is 0 Å². The zero-order chi connectivity index (χ0) is 12.0. The topological polar surface area (TPSA) is 61.6 Å². The lowest BCUT2D eigenvalue weighted by Gasteiger charge is -2.09. The maximum atomic E-state index is 10.5. The summed E-state index contributed by atoms with van der Waals surface area (Å²) in [4.78, 5) is 10.1. The molecule has 0 bridgehead atoms. The number of rotatable bonds is 6. The highest BCUT2D eigenvalue weighted by Gasteiger charge is 2.11. The number of methoxy groups -OCH3 is 1. The third-order valence-corrected chi connectivity index (χ3v) is 2.23. The molecule has 6 heteroatoms. The molecule has 0 saturated heterocycles. The van der Waals surface area contributed by atoms with Crippen molar-refractivity contribution in [1.29, 1.82) is 0 Å². The Kier molecular flexibility index (Phi) is 4.91. The molecule has 0 radical (unpaired) electrons.